The summed E-state index contributed by atoms with van der Waals surface area (Å²) in [6.45, 7) is 4.75. The van der Waals surface area contributed by atoms with Crippen molar-refractivity contribution >= 4 is 56.4 Å². The summed E-state index contributed by atoms with van der Waals surface area (Å²) in [5.74, 6) is -1.03. The lowest BCUT2D eigenvalue weighted by Gasteiger charge is -2.33. The molecule has 0 aromatic heterocycles. The number of nitro benzene ring substituents is 1. The smallest absolute Gasteiger partial charge is 0.273 e. The van der Waals surface area contributed by atoms with Crippen molar-refractivity contribution in [1.82, 2.24) is 10.2 Å². The van der Waals surface area contributed by atoms with Crippen LogP contribution in [0.15, 0.2) is 65.6 Å². The molecule has 242 valence electrons. The van der Waals surface area contributed by atoms with Crippen molar-refractivity contribution in [2.45, 2.75) is 57.5 Å². The van der Waals surface area contributed by atoms with Crippen LogP contribution in [-0.2, 0) is 26.2 Å². The Morgan fingerprint density at radius 3 is 2.40 bits per heavy atom. The van der Waals surface area contributed by atoms with E-state index in [0.717, 1.165) is 23.2 Å². The molecule has 0 fully saturated rings. The number of anilines is 1. The second-order valence-corrected chi connectivity index (χ2v) is 12.9. The molecule has 45 heavy (non-hydrogen) atoms. The van der Waals surface area contributed by atoms with Gasteiger partial charge in [0.1, 0.15) is 18.3 Å². The number of unbranched alkanes of at least 4 members (excludes halogenated alkanes) is 1. The molecule has 0 bridgehead atoms. The van der Waals surface area contributed by atoms with Crippen LogP contribution in [-0.4, -0.2) is 56.3 Å². The van der Waals surface area contributed by atoms with Gasteiger partial charge in [0.2, 0.25) is 11.8 Å². The van der Waals surface area contributed by atoms with E-state index in [9.17, 15) is 28.1 Å². The second kappa shape index (κ2) is 15.9. The van der Waals surface area contributed by atoms with Crippen LogP contribution in [0.3, 0.4) is 0 Å². The molecule has 1 N–H and O–H groups in total. The third-order valence-electron chi connectivity index (χ3n) is 7.17. The number of carbonyl (C=O) groups is 2. The van der Waals surface area contributed by atoms with E-state index < -0.39 is 49.9 Å². The Kier molecular flexibility index (Phi) is 12.6. The zero-order chi connectivity index (χ0) is 33.3. The number of aryl methyl sites for hydroxylation is 1. The van der Waals surface area contributed by atoms with Crippen LogP contribution in [0.1, 0.15) is 44.2 Å². The molecule has 0 saturated heterocycles. The van der Waals surface area contributed by atoms with Gasteiger partial charge in [-0.1, -0.05) is 67.7 Å². The zero-order valence-corrected chi connectivity index (χ0v) is 27.8. The molecule has 3 aromatic carbocycles. The quantitative estimate of drug-likeness (QED) is 0.116. The highest BCUT2D eigenvalue weighted by Gasteiger charge is 2.35. The van der Waals surface area contributed by atoms with Gasteiger partial charge in [-0.3, -0.25) is 24.0 Å². The number of nitrogens with one attached hydrogen (secondary N) is 1. The third kappa shape index (κ3) is 8.65. The van der Waals surface area contributed by atoms with Crippen molar-refractivity contribution in [2.75, 3.05) is 24.5 Å². The highest BCUT2D eigenvalue weighted by molar-refractivity contribution is 7.92. The molecule has 2 amide bonds. The summed E-state index contributed by atoms with van der Waals surface area (Å²) in [6, 6.07) is 13.6. The molecular formula is C31H36Cl2N4O7S. The first-order chi connectivity index (χ1) is 21.3. The van der Waals surface area contributed by atoms with E-state index in [2.05, 4.69) is 5.32 Å². The fourth-order valence-corrected chi connectivity index (χ4v) is 6.48. The third-order valence-corrected chi connectivity index (χ3v) is 9.53. The molecule has 0 aliphatic carbocycles. The lowest BCUT2D eigenvalue weighted by molar-refractivity contribution is -0.385. The number of benzene rings is 3. The average molecular weight is 680 g/mol. The molecular weight excluding hydrogens is 643 g/mol. The Morgan fingerprint density at radius 1 is 1.07 bits per heavy atom. The van der Waals surface area contributed by atoms with Crippen LogP contribution >= 0.6 is 23.2 Å². The number of carbonyl (C=O) groups excluding carboxylic acids is 2. The first kappa shape index (κ1) is 35.6. The van der Waals surface area contributed by atoms with Gasteiger partial charge in [-0.05, 0) is 55.7 Å². The minimum Gasteiger partial charge on any atom is -0.495 e. The normalized spacial score (nSPS) is 11.9. The molecule has 14 heteroatoms. The average Bonchev–Trinajstić information content (AvgIpc) is 3.00. The maximum absolute atomic E-state index is 14.3. The van der Waals surface area contributed by atoms with Crippen molar-refractivity contribution in [3.8, 4) is 5.75 Å². The topological polar surface area (TPSA) is 139 Å². The van der Waals surface area contributed by atoms with Gasteiger partial charge in [0, 0.05) is 34.8 Å². The standard InChI is InChI=1S/C31H36Cl2N4O7S/c1-5-7-16-34-31(39)26(6-2)35(19-22-10-8-9-11-25(22)33)30(38)20-36(28-17-23(32)13-15-29(28)44-4)45(42,43)24-14-12-21(3)27(18-24)37(40)41/h8-15,17-18,26H,5-7,16,19-20H2,1-4H3,(H,34,39). The van der Waals surface area contributed by atoms with E-state index in [1.54, 1.807) is 31.2 Å². The van der Waals surface area contributed by atoms with E-state index in [4.69, 9.17) is 27.9 Å². The van der Waals surface area contributed by atoms with Gasteiger partial charge < -0.3 is 15.0 Å². The van der Waals surface area contributed by atoms with Crippen molar-refractivity contribution in [2.24, 2.45) is 0 Å². The Bertz CT molecular complexity index is 1650. The van der Waals surface area contributed by atoms with E-state index in [0.29, 0.717) is 17.1 Å². The van der Waals surface area contributed by atoms with E-state index in [1.807, 2.05) is 6.92 Å². The molecule has 11 nitrogen and oxygen atoms in total. The van der Waals surface area contributed by atoms with Crippen LogP contribution in [0.5, 0.6) is 5.75 Å². The monoisotopic (exact) mass is 678 g/mol. The maximum atomic E-state index is 14.3. The van der Waals surface area contributed by atoms with Gasteiger partial charge >= 0.3 is 0 Å². The minimum atomic E-state index is -4.64. The summed E-state index contributed by atoms with van der Waals surface area (Å²) < 4.78 is 34.7. The summed E-state index contributed by atoms with van der Waals surface area (Å²) in [5.41, 5.74) is 0.333. The number of rotatable bonds is 15. The highest BCUT2D eigenvalue weighted by atomic mass is 35.5. The van der Waals surface area contributed by atoms with Crippen LogP contribution < -0.4 is 14.4 Å². The van der Waals surface area contributed by atoms with Crippen molar-refractivity contribution < 1.29 is 27.7 Å². The molecule has 1 unspecified atom stereocenters. The zero-order valence-electron chi connectivity index (χ0n) is 25.5. The Hall–Kier alpha value is -3.87. The summed E-state index contributed by atoms with van der Waals surface area (Å²) in [6.07, 6.45) is 1.82. The number of sulfonamides is 1. The second-order valence-electron chi connectivity index (χ2n) is 10.2. The summed E-state index contributed by atoms with van der Waals surface area (Å²) in [7, 11) is -3.31. The summed E-state index contributed by atoms with van der Waals surface area (Å²) >= 11 is 12.7. The number of hydrogen-bond acceptors (Lipinski definition) is 7. The number of nitro groups is 1. The number of hydrogen-bond donors (Lipinski definition) is 1. The predicted octanol–water partition coefficient (Wildman–Crippen LogP) is 6.14. The Balaban J connectivity index is 2.18. The van der Waals surface area contributed by atoms with Gasteiger partial charge in [0.05, 0.1) is 22.6 Å². The minimum absolute atomic E-state index is 0.0697. The first-order valence-corrected chi connectivity index (χ1v) is 16.5. The summed E-state index contributed by atoms with van der Waals surface area (Å²) in [4.78, 5) is 39.5. The number of amides is 2. The van der Waals surface area contributed by atoms with E-state index in [-0.39, 0.29) is 35.0 Å². The predicted molar refractivity (Wildman–Crippen MR) is 174 cm³/mol. The van der Waals surface area contributed by atoms with Gasteiger partial charge in [0.15, 0.2) is 0 Å². The molecule has 0 aliphatic heterocycles. The van der Waals surface area contributed by atoms with Crippen LogP contribution in [0.2, 0.25) is 10.0 Å². The molecule has 0 spiro atoms. The molecule has 3 rings (SSSR count). The van der Waals surface area contributed by atoms with Gasteiger partial charge in [0.25, 0.3) is 15.7 Å². The van der Waals surface area contributed by atoms with Gasteiger partial charge in [-0.25, -0.2) is 8.42 Å². The molecule has 0 aliphatic rings. The lowest BCUT2D eigenvalue weighted by atomic mass is 10.1. The molecule has 0 radical (unpaired) electrons. The van der Waals surface area contributed by atoms with Gasteiger partial charge in [-0.2, -0.15) is 0 Å². The van der Waals surface area contributed by atoms with Crippen LogP contribution in [0, 0.1) is 17.0 Å². The van der Waals surface area contributed by atoms with Crippen molar-refractivity contribution in [3.63, 3.8) is 0 Å². The van der Waals surface area contributed by atoms with Crippen LogP contribution in [0.4, 0.5) is 11.4 Å². The number of methoxy groups -OCH3 is 1. The first-order valence-electron chi connectivity index (χ1n) is 14.3. The highest BCUT2D eigenvalue weighted by Crippen LogP contribution is 2.36. The van der Waals surface area contributed by atoms with E-state index in [1.165, 1.54) is 49.3 Å². The van der Waals surface area contributed by atoms with Crippen LogP contribution in [0.25, 0.3) is 0 Å². The van der Waals surface area contributed by atoms with Crippen molar-refractivity contribution in [3.05, 3.63) is 92.0 Å². The lowest BCUT2D eigenvalue weighted by Crippen LogP contribution is -2.52. The number of nitrogens with zero attached hydrogens (tertiary/aromatic N) is 3. The maximum Gasteiger partial charge on any atom is 0.273 e. The Labute approximate surface area is 273 Å². The molecule has 0 heterocycles. The number of ether oxygens (including phenoxy) is 1. The molecule has 0 saturated carbocycles. The summed E-state index contributed by atoms with van der Waals surface area (Å²) in [5, 5.41) is 15.1. The fourth-order valence-electron chi connectivity index (χ4n) is 4.68. The van der Waals surface area contributed by atoms with Crippen molar-refractivity contribution in [1.29, 1.82) is 0 Å². The molecule has 3 aromatic rings. The Morgan fingerprint density at radius 2 is 1.78 bits per heavy atom. The fraction of sp³-hybridized carbons (Fsp3) is 0.355. The van der Waals surface area contributed by atoms with Gasteiger partial charge in [-0.15, -0.1) is 0 Å². The molecule has 1 atom stereocenters. The SMILES string of the molecule is CCCCNC(=O)C(CC)N(Cc1ccccc1Cl)C(=O)CN(c1cc(Cl)ccc1OC)S(=O)(=O)c1ccc(C)c([N+](=O)[O-])c1. The largest absolute Gasteiger partial charge is 0.495 e. The van der Waals surface area contributed by atoms with E-state index >= 15 is 0 Å². The number of halogens is 2.